The summed E-state index contributed by atoms with van der Waals surface area (Å²) in [6.07, 6.45) is 1.40. The Labute approximate surface area is 97.9 Å². The van der Waals surface area contributed by atoms with Crippen molar-refractivity contribution >= 4 is 5.82 Å². The third kappa shape index (κ3) is 2.39. The van der Waals surface area contributed by atoms with Gasteiger partial charge in [-0.15, -0.1) is 0 Å². The molecule has 0 aromatic carbocycles. The van der Waals surface area contributed by atoms with Crippen LogP contribution in [0.15, 0.2) is 16.9 Å². The molecule has 0 fully saturated rings. The molecule has 2 aromatic heterocycles. The minimum Gasteiger partial charge on any atom is -0.381 e. The Morgan fingerprint density at radius 2 is 2.12 bits per heavy atom. The van der Waals surface area contributed by atoms with E-state index in [4.69, 9.17) is 4.52 Å². The van der Waals surface area contributed by atoms with E-state index in [1.54, 1.807) is 27.0 Å². The van der Waals surface area contributed by atoms with Crippen molar-refractivity contribution < 1.29 is 9.63 Å². The van der Waals surface area contributed by atoms with Crippen LogP contribution in [0.25, 0.3) is 11.5 Å². The zero-order valence-corrected chi connectivity index (χ0v) is 9.80. The average molecular weight is 235 g/mol. The second-order valence-corrected chi connectivity index (χ2v) is 4.02. The number of hydrogen-bond donors (Lipinski definition) is 2. The molecule has 2 aromatic rings. The molecule has 0 bridgehead atoms. The van der Waals surface area contributed by atoms with E-state index in [1.165, 1.54) is 6.33 Å². The van der Waals surface area contributed by atoms with E-state index in [0.29, 0.717) is 17.3 Å². The maximum Gasteiger partial charge on any atom is 0.258 e. The summed E-state index contributed by atoms with van der Waals surface area (Å²) in [5.74, 6) is 1.13. The zero-order chi connectivity index (χ0) is 12.5. The van der Waals surface area contributed by atoms with E-state index in [2.05, 4.69) is 25.4 Å². The summed E-state index contributed by atoms with van der Waals surface area (Å²) in [6, 6.07) is 1.69. The molecule has 0 atom stereocenters. The monoisotopic (exact) mass is 235 g/mol. The summed E-state index contributed by atoms with van der Waals surface area (Å²) in [4.78, 5) is 12.1. The van der Waals surface area contributed by atoms with Gasteiger partial charge in [0.2, 0.25) is 5.82 Å². The summed E-state index contributed by atoms with van der Waals surface area (Å²) in [6.45, 7) is 3.15. The van der Waals surface area contributed by atoms with Crippen molar-refractivity contribution in [3.05, 3.63) is 18.3 Å². The van der Waals surface area contributed by atoms with E-state index in [0.717, 1.165) is 0 Å². The first-order valence-corrected chi connectivity index (χ1v) is 5.07. The van der Waals surface area contributed by atoms with Gasteiger partial charge in [-0.05, 0) is 13.8 Å². The molecule has 7 nitrogen and oxygen atoms in total. The van der Waals surface area contributed by atoms with Crippen LogP contribution >= 0.6 is 0 Å². The standard InChI is InChI=1S/C10H13N5O2/c1-10(2,16)9-14-8(15-17-9)6-4-7(11-3)13-5-12-6/h4-5,16H,1-3H3,(H,11,12,13). The molecule has 90 valence electrons. The molecule has 0 aliphatic heterocycles. The lowest BCUT2D eigenvalue weighted by Gasteiger charge is -2.09. The van der Waals surface area contributed by atoms with Crippen molar-refractivity contribution in [2.45, 2.75) is 19.4 Å². The van der Waals surface area contributed by atoms with Crippen LogP contribution in [-0.2, 0) is 5.60 Å². The first-order chi connectivity index (χ1) is 8.00. The highest BCUT2D eigenvalue weighted by Crippen LogP contribution is 2.21. The van der Waals surface area contributed by atoms with Crippen LogP contribution in [0.1, 0.15) is 19.7 Å². The number of hydrogen-bond acceptors (Lipinski definition) is 7. The van der Waals surface area contributed by atoms with Crippen LogP contribution in [0, 0.1) is 0 Å². The molecule has 2 rings (SSSR count). The minimum absolute atomic E-state index is 0.150. The Morgan fingerprint density at radius 3 is 2.71 bits per heavy atom. The fraction of sp³-hybridized carbons (Fsp3) is 0.400. The van der Waals surface area contributed by atoms with Crippen LogP contribution in [0.5, 0.6) is 0 Å². The van der Waals surface area contributed by atoms with Gasteiger partial charge in [-0.1, -0.05) is 5.16 Å². The molecule has 0 saturated heterocycles. The first-order valence-electron chi connectivity index (χ1n) is 5.07. The van der Waals surface area contributed by atoms with Crippen molar-refractivity contribution in [1.82, 2.24) is 20.1 Å². The van der Waals surface area contributed by atoms with E-state index < -0.39 is 5.60 Å². The Morgan fingerprint density at radius 1 is 1.35 bits per heavy atom. The summed E-state index contributed by atoms with van der Waals surface area (Å²) >= 11 is 0. The largest absolute Gasteiger partial charge is 0.381 e. The second-order valence-electron chi connectivity index (χ2n) is 4.02. The topological polar surface area (TPSA) is 97.0 Å². The van der Waals surface area contributed by atoms with Gasteiger partial charge in [0.15, 0.2) is 0 Å². The number of aromatic nitrogens is 4. The van der Waals surface area contributed by atoms with Gasteiger partial charge >= 0.3 is 0 Å². The number of nitrogens with zero attached hydrogens (tertiary/aromatic N) is 4. The summed E-state index contributed by atoms with van der Waals surface area (Å²) < 4.78 is 4.97. The van der Waals surface area contributed by atoms with Crippen LogP contribution in [0.2, 0.25) is 0 Å². The Balaban J connectivity index is 2.37. The highest BCUT2D eigenvalue weighted by atomic mass is 16.5. The molecule has 0 aliphatic carbocycles. The fourth-order valence-electron chi connectivity index (χ4n) is 1.19. The highest BCUT2D eigenvalue weighted by molar-refractivity contribution is 5.53. The normalized spacial score (nSPS) is 11.5. The van der Waals surface area contributed by atoms with Gasteiger partial charge in [-0.2, -0.15) is 4.98 Å². The van der Waals surface area contributed by atoms with Crippen molar-refractivity contribution in [3.63, 3.8) is 0 Å². The van der Waals surface area contributed by atoms with Gasteiger partial charge in [-0.3, -0.25) is 0 Å². The van der Waals surface area contributed by atoms with Crippen LogP contribution in [0.3, 0.4) is 0 Å². The SMILES string of the molecule is CNc1cc(-c2noc(C(C)(C)O)n2)ncn1. The number of aliphatic hydroxyl groups is 1. The number of anilines is 1. The first kappa shape index (κ1) is 11.5. The molecule has 17 heavy (non-hydrogen) atoms. The molecule has 7 heteroatoms. The molecule has 0 amide bonds. The van der Waals surface area contributed by atoms with Crippen LogP contribution in [-0.4, -0.2) is 32.3 Å². The number of rotatable bonds is 3. The van der Waals surface area contributed by atoms with Crippen molar-refractivity contribution in [3.8, 4) is 11.5 Å². The molecule has 0 aliphatic rings. The van der Waals surface area contributed by atoms with Gasteiger partial charge in [0, 0.05) is 13.1 Å². The van der Waals surface area contributed by atoms with Gasteiger partial charge in [-0.25, -0.2) is 9.97 Å². The maximum atomic E-state index is 9.71. The summed E-state index contributed by atoms with van der Waals surface area (Å²) in [7, 11) is 1.75. The van der Waals surface area contributed by atoms with Gasteiger partial charge in [0.1, 0.15) is 23.4 Å². The highest BCUT2D eigenvalue weighted by Gasteiger charge is 2.24. The molecule has 2 N–H and O–H groups in total. The zero-order valence-electron chi connectivity index (χ0n) is 9.80. The van der Waals surface area contributed by atoms with Gasteiger partial charge in [0.25, 0.3) is 5.89 Å². The van der Waals surface area contributed by atoms with Crippen molar-refractivity contribution in [2.75, 3.05) is 12.4 Å². The molecule has 0 saturated carbocycles. The summed E-state index contributed by atoms with van der Waals surface area (Å²) in [5.41, 5.74) is -0.631. The van der Waals surface area contributed by atoms with E-state index >= 15 is 0 Å². The molecule has 0 radical (unpaired) electrons. The molecule has 2 heterocycles. The maximum absolute atomic E-state index is 9.71. The lowest BCUT2D eigenvalue weighted by molar-refractivity contribution is 0.0420. The van der Waals surface area contributed by atoms with Crippen LogP contribution in [0.4, 0.5) is 5.82 Å². The fourth-order valence-corrected chi connectivity index (χ4v) is 1.19. The lowest BCUT2D eigenvalue weighted by atomic mass is 10.1. The third-order valence-electron chi connectivity index (χ3n) is 2.10. The molecule has 0 spiro atoms. The van der Waals surface area contributed by atoms with E-state index in [9.17, 15) is 5.11 Å². The summed E-state index contributed by atoms with van der Waals surface area (Å²) in [5, 5.41) is 16.4. The van der Waals surface area contributed by atoms with Gasteiger partial charge < -0.3 is 14.9 Å². The molecular weight excluding hydrogens is 222 g/mol. The number of nitrogens with one attached hydrogen (secondary N) is 1. The quantitative estimate of drug-likeness (QED) is 0.811. The van der Waals surface area contributed by atoms with Crippen molar-refractivity contribution in [1.29, 1.82) is 0 Å². The predicted octanol–water partition coefficient (Wildman–Crippen LogP) is 0.796. The van der Waals surface area contributed by atoms with Crippen molar-refractivity contribution in [2.24, 2.45) is 0 Å². The van der Waals surface area contributed by atoms with E-state index in [-0.39, 0.29) is 5.89 Å². The Hall–Kier alpha value is -2.02. The predicted molar refractivity (Wildman–Crippen MR) is 60.1 cm³/mol. The lowest BCUT2D eigenvalue weighted by Crippen LogP contribution is -2.15. The van der Waals surface area contributed by atoms with Gasteiger partial charge in [0.05, 0.1) is 0 Å². The Kier molecular flexibility index (Phi) is 2.76. The molecular formula is C10H13N5O2. The smallest absolute Gasteiger partial charge is 0.258 e. The minimum atomic E-state index is -1.16. The van der Waals surface area contributed by atoms with Crippen LogP contribution < -0.4 is 5.32 Å². The molecule has 0 unspecified atom stereocenters. The second kappa shape index (κ2) is 4.10. The Bertz CT molecular complexity index is 517. The average Bonchev–Trinajstić information content (AvgIpc) is 2.78. The third-order valence-corrected chi connectivity index (χ3v) is 2.10. The van der Waals surface area contributed by atoms with E-state index in [1.807, 2.05) is 0 Å².